The van der Waals surface area contributed by atoms with Crippen molar-refractivity contribution in [3.63, 3.8) is 0 Å². The minimum Gasteiger partial charge on any atom is -0.478 e. The summed E-state index contributed by atoms with van der Waals surface area (Å²) in [7, 11) is 0. The van der Waals surface area contributed by atoms with Gasteiger partial charge in [0, 0.05) is 5.75 Å². The fraction of sp³-hybridized carbons (Fsp3) is 0.0667. The number of thiocarbonyl (C=S) groups is 1. The molecule has 2 aromatic rings. The highest BCUT2D eigenvalue weighted by molar-refractivity contribution is 8.23. The summed E-state index contributed by atoms with van der Waals surface area (Å²) in [6.45, 7) is 0. The van der Waals surface area contributed by atoms with E-state index >= 15 is 0 Å². The number of thioether (sulfide) groups is 1. The molecule has 0 amide bonds. The van der Waals surface area contributed by atoms with Crippen LogP contribution in [0.2, 0.25) is 0 Å². The molecule has 0 aliphatic rings. The van der Waals surface area contributed by atoms with Crippen molar-refractivity contribution in [2.45, 2.75) is 5.75 Å². The molecule has 0 bridgehead atoms. The molecule has 0 spiro atoms. The molecule has 0 heterocycles. The zero-order chi connectivity index (χ0) is 13.7. The van der Waals surface area contributed by atoms with Crippen molar-refractivity contribution in [1.82, 2.24) is 0 Å². The number of rotatable bonds is 4. The van der Waals surface area contributed by atoms with Crippen LogP contribution in [0.3, 0.4) is 0 Å². The third-order valence-corrected chi connectivity index (χ3v) is 4.15. The van der Waals surface area contributed by atoms with Crippen molar-refractivity contribution in [3.05, 3.63) is 71.3 Å². The van der Waals surface area contributed by atoms with Crippen LogP contribution in [-0.4, -0.2) is 15.3 Å². The minimum absolute atomic E-state index is 0.305. The molecule has 19 heavy (non-hydrogen) atoms. The lowest BCUT2D eigenvalue weighted by Gasteiger charge is -2.04. The second-order valence-corrected chi connectivity index (χ2v) is 5.60. The van der Waals surface area contributed by atoms with Crippen LogP contribution in [-0.2, 0) is 5.75 Å². The van der Waals surface area contributed by atoms with E-state index in [-0.39, 0.29) is 0 Å². The maximum atomic E-state index is 10.7. The average molecular weight is 288 g/mol. The first-order valence-corrected chi connectivity index (χ1v) is 7.10. The Morgan fingerprint density at radius 3 is 2.21 bits per heavy atom. The molecule has 1 N–H and O–H groups in total. The van der Waals surface area contributed by atoms with Crippen molar-refractivity contribution in [2.24, 2.45) is 0 Å². The maximum absolute atomic E-state index is 10.7. The molecule has 0 saturated heterocycles. The molecule has 0 atom stereocenters. The van der Waals surface area contributed by atoms with E-state index in [2.05, 4.69) is 0 Å². The van der Waals surface area contributed by atoms with E-state index in [0.717, 1.165) is 21.1 Å². The molecular weight excluding hydrogens is 276 g/mol. The highest BCUT2D eigenvalue weighted by Crippen LogP contribution is 2.19. The summed E-state index contributed by atoms with van der Waals surface area (Å²) in [5, 5.41) is 8.82. The molecule has 2 aromatic carbocycles. The zero-order valence-corrected chi connectivity index (χ0v) is 11.7. The SMILES string of the molecule is O=C(O)c1ccc(CSC(=S)c2ccccc2)cc1. The predicted molar refractivity (Wildman–Crippen MR) is 82.8 cm³/mol. The zero-order valence-electron chi connectivity index (χ0n) is 10.1. The number of benzene rings is 2. The molecule has 0 saturated carbocycles. The molecule has 0 aromatic heterocycles. The van der Waals surface area contributed by atoms with Gasteiger partial charge in [-0.15, -0.1) is 11.8 Å². The van der Waals surface area contributed by atoms with Gasteiger partial charge < -0.3 is 5.11 Å². The number of carboxylic acids is 1. The van der Waals surface area contributed by atoms with Crippen LogP contribution >= 0.6 is 24.0 Å². The van der Waals surface area contributed by atoms with Gasteiger partial charge in [0.2, 0.25) is 0 Å². The molecule has 0 aliphatic carbocycles. The first-order chi connectivity index (χ1) is 9.16. The van der Waals surface area contributed by atoms with Crippen LogP contribution in [0.25, 0.3) is 0 Å². The molecule has 2 nitrogen and oxygen atoms in total. The minimum atomic E-state index is -0.904. The Hall–Kier alpha value is -1.65. The monoisotopic (exact) mass is 288 g/mol. The normalized spacial score (nSPS) is 10.1. The lowest BCUT2D eigenvalue weighted by Crippen LogP contribution is -1.96. The van der Waals surface area contributed by atoms with Crippen molar-refractivity contribution in [3.8, 4) is 0 Å². The topological polar surface area (TPSA) is 37.3 Å². The quantitative estimate of drug-likeness (QED) is 0.863. The van der Waals surface area contributed by atoms with Crippen molar-refractivity contribution in [1.29, 1.82) is 0 Å². The Morgan fingerprint density at radius 1 is 1.00 bits per heavy atom. The Kier molecular flexibility index (Phi) is 4.71. The van der Waals surface area contributed by atoms with Crippen LogP contribution in [0, 0.1) is 0 Å². The summed E-state index contributed by atoms with van der Waals surface area (Å²) >= 11 is 6.94. The fourth-order valence-corrected chi connectivity index (χ4v) is 2.66. The van der Waals surface area contributed by atoms with E-state index < -0.39 is 5.97 Å². The van der Waals surface area contributed by atoms with Crippen molar-refractivity contribution < 1.29 is 9.90 Å². The Morgan fingerprint density at radius 2 is 1.63 bits per heavy atom. The first-order valence-electron chi connectivity index (χ1n) is 5.71. The molecule has 0 unspecified atom stereocenters. The highest BCUT2D eigenvalue weighted by atomic mass is 32.2. The molecule has 4 heteroatoms. The number of carboxylic acid groups (broad SMARTS) is 1. The van der Waals surface area contributed by atoms with Gasteiger partial charge in [0.15, 0.2) is 0 Å². The van der Waals surface area contributed by atoms with E-state index in [1.807, 2.05) is 42.5 Å². The van der Waals surface area contributed by atoms with Gasteiger partial charge in [-0.2, -0.15) is 0 Å². The summed E-state index contributed by atoms with van der Waals surface area (Å²) in [6, 6.07) is 16.7. The molecular formula is C15H12O2S2. The first kappa shape index (κ1) is 13.8. The summed E-state index contributed by atoms with van der Waals surface area (Å²) in [5.74, 6) is -0.160. The van der Waals surface area contributed by atoms with Crippen LogP contribution in [0.15, 0.2) is 54.6 Å². The lowest BCUT2D eigenvalue weighted by molar-refractivity contribution is 0.0697. The summed E-state index contributed by atoms with van der Waals surface area (Å²) in [5.41, 5.74) is 2.41. The molecule has 0 aliphatic heterocycles. The number of hydrogen-bond acceptors (Lipinski definition) is 3. The van der Waals surface area contributed by atoms with Gasteiger partial charge in [-0.05, 0) is 23.3 Å². The van der Waals surface area contributed by atoms with Gasteiger partial charge >= 0.3 is 5.97 Å². The third-order valence-electron chi connectivity index (χ3n) is 2.58. The average Bonchev–Trinajstić information content (AvgIpc) is 2.46. The van der Waals surface area contributed by atoms with Crippen LogP contribution < -0.4 is 0 Å². The molecule has 96 valence electrons. The smallest absolute Gasteiger partial charge is 0.335 e. The number of aromatic carboxylic acids is 1. The number of carbonyl (C=O) groups is 1. The Balaban J connectivity index is 1.95. The molecule has 0 fully saturated rings. The second-order valence-electron chi connectivity index (χ2n) is 3.94. The van der Waals surface area contributed by atoms with Gasteiger partial charge in [0.05, 0.1) is 9.76 Å². The van der Waals surface area contributed by atoms with Gasteiger partial charge in [0.25, 0.3) is 0 Å². The Labute approximate surface area is 121 Å². The maximum Gasteiger partial charge on any atom is 0.335 e. The van der Waals surface area contributed by atoms with Crippen molar-refractivity contribution in [2.75, 3.05) is 0 Å². The molecule has 2 rings (SSSR count). The highest BCUT2D eigenvalue weighted by Gasteiger charge is 2.04. The summed E-state index contributed by atoms with van der Waals surface area (Å²) in [6.07, 6.45) is 0. The van der Waals surface area contributed by atoms with Gasteiger partial charge in [-0.25, -0.2) is 4.79 Å². The van der Waals surface area contributed by atoms with Crippen LogP contribution in [0.4, 0.5) is 0 Å². The molecule has 0 radical (unpaired) electrons. The van der Waals surface area contributed by atoms with E-state index in [9.17, 15) is 4.79 Å². The summed E-state index contributed by atoms with van der Waals surface area (Å²) < 4.78 is 0.850. The second kappa shape index (κ2) is 6.50. The fourth-order valence-electron chi connectivity index (χ4n) is 1.55. The summed E-state index contributed by atoms with van der Waals surface area (Å²) in [4.78, 5) is 10.7. The Bertz CT molecular complexity index is 577. The van der Waals surface area contributed by atoms with E-state index in [1.165, 1.54) is 0 Å². The van der Waals surface area contributed by atoms with Gasteiger partial charge in [0.1, 0.15) is 0 Å². The van der Waals surface area contributed by atoms with E-state index in [4.69, 9.17) is 17.3 Å². The van der Waals surface area contributed by atoms with E-state index in [0.29, 0.717) is 5.56 Å². The predicted octanol–water partition coefficient (Wildman–Crippen LogP) is 3.99. The van der Waals surface area contributed by atoms with E-state index in [1.54, 1.807) is 23.9 Å². The largest absolute Gasteiger partial charge is 0.478 e. The third kappa shape index (κ3) is 3.91. The van der Waals surface area contributed by atoms with Gasteiger partial charge in [-0.3, -0.25) is 0 Å². The van der Waals surface area contributed by atoms with Crippen LogP contribution in [0.5, 0.6) is 0 Å². The standard InChI is InChI=1S/C15H12O2S2/c16-14(17)12-8-6-11(7-9-12)10-19-15(18)13-4-2-1-3-5-13/h1-9H,10H2,(H,16,17). The lowest BCUT2D eigenvalue weighted by atomic mass is 10.1. The van der Waals surface area contributed by atoms with Gasteiger partial charge in [-0.1, -0.05) is 54.7 Å². The van der Waals surface area contributed by atoms with Crippen LogP contribution in [0.1, 0.15) is 21.5 Å². The number of hydrogen-bond donors (Lipinski definition) is 1. The van der Waals surface area contributed by atoms with Crippen molar-refractivity contribution >= 4 is 34.1 Å².